The fourth-order valence-corrected chi connectivity index (χ4v) is 4.30. The minimum Gasteiger partial charge on any atom is -0.508 e. The Bertz CT molecular complexity index is 1090. The van der Waals surface area contributed by atoms with Crippen LogP contribution in [0.25, 0.3) is 0 Å². The van der Waals surface area contributed by atoms with Gasteiger partial charge in [0.15, 0.2) is 0 Å². The molecule has 0 spiro atoms. The smallest absolute Gasteiger partial charge is 0.408 e. The Morgan fingerprint density at radius 1 is 0.897 bits per heavy atom. The van der Waals surface area contributed by atoms with E-state index in [1.165, 1.54) is 29.2 Å². The minimum absolute atomic E-state index is 0.0384. The van der Waals surface area contributed by atoms with Crippen molar-refractivity contribution >= 4 is 17.9 Å². The molecule has 0 radical (unpaired) electrons. The van der Waals surface area contributed by atoms with Gasteiger partial charge in [-0.15, -0.1) is 0 Å². The average molecular weight is 542 g/mol. The molecule has 9 heteroatoms. The number of phenols is 2. The van der Waals surface area contributed by atoms with Gasteiger partial charge in [-0.25, -0.2) is 4.79 Å². The van der Waals surface area contributed by atoms with Crippen molar-refractivity contribution in [1.29, 1.82) is 0 Å². The van der Waals surface area contributed by atoms with Crippen molar-refractivity contribution in [3.8, 4) is 11.5 Å². The number of carbonyl (C=O) groups is 3. The van der Waals surface area contributed by atoms with Crippen LogP contribution in [0.1, 0.15) is 78.5 Å². The summed E-state index contributed by atoms with van der Waals surface area (Å²) in [6, 6.07) is 9.91. The number of hydrogen-bond acceptors (Lipinski definition) is 6. The number of phenolic OH excluding ortho intramolecular Hbond substituents is 2. The van der Waals surface area contributed by atoms with Crippen LogP contribution >= 0.6 is 0 Å². The molecule has 0 saturated carbocycles. The molecule has 4 N–H and O–H groups in total. The van der Waals surface area contributed by atoms with E-state index in [2.05, 4.69) is 10.6 Å². The fraction of sp³-hybridized carbons (Fsp3) is 0.500. The first-order chi connectivity index (χ1) is 18.2. The third-order valence-corrected chi connectivity index (χ3v) is 6.02. The number of aromatic hydroxyl groups is 2. The van der Waals surface area contributed by atoms with Gasteiger partial charge in [0.25, 0.3) is 0 Å². The zero-order valence-corrected chi connectivity index (χ0v) is 24.0. The van der Waals surface area contributed by atoms with E-state index in [0.717, 1.165) is 12.8 Å². The lowest BCUT2D eigenvalue weighted by atomic mass is 9.98. The second-order valence-electron chi connectivity index (χ2n) is 11.1. The molecule has 0 aromatic heterocycles. The highest BCUT2D eigenvalue weighted by Crippen LogP contribution is 2.27. The summed E-state index contributed by atoms with van der Waals surface area (Å²) in [5, 5.41) is 25.3. The maximum Gasteiger partial charge on any atom is 0.408 e. The summed E-state index contributed by atoms with van der Waals surface area (Å²) < 4.78 is 5.43. The highest BCUT2D eigenvalue weighted by Gasteiger charge is 2.38. The van der Waals surface area contributed by atoms with Gasteiger partial charge in [0.2, 0.25) is 11.8 Å². The molecule has 3 unspecified atom stereocenters. The van der Waals surface area contributed by atoms with Crippen molar-refractivity contribution in [1.82, 2.24) is 15.5 Å². The quantitative estimate of drug-likeness (QED) is 0.323. The minimum atomic E-state index is -1.06. The van der Waals surface area contributed by atoms with Gasteiger partial charge in [-0.1, -0.05) is 37.6 Å². The van der Waals surface area contributed by atoms with Gasteiger partial charge in [0.05, 0.1) is 0 Å². The van der Waals surface area contributed by atoms with Crippen LogP contribution in [0.3, 0.4) is 0 Å². The largest absolute Gasteiger partial charge is 0.508 e. The van der Waals surface area contributed by atoms with Gasteiger partial charge in [0, 0.05) is 18.5 Å². The summed E-state index contributed by atoms with van der Waals surface area (Å²) >= 11 is 0. The summed E-state index contributed by atoms with van der Waals surface area (Å²) in [5.74, 6) is -0.711. The first-order valence-electron chi connectivity index (χ1n) is 13.4. The van der Waals surface area contributed by atoms with Crippen molar-refractivity contribution in [3.63, 3.8) is 0 Å². The van der Waals surface area contributed by atoms with Crippen LogP contribution in [-0.2, 0) is 20.7 Å². The number of hydrogen-bond donors (Lipinski definition) is 4. The van der Waals surface area contributed by atoms with E-state index in [0.29, 0.717) is 11.1 Å². The lowest BCUT2D eigenvalue weighted by molar-refractivity contribution is -0.144. The van der Waals surface area contributed by atoms with Crippen LogP contribution < -0.4 is 10.6 Å². The monoisotopic (exact) mass is 541 g/mol. The lowest BCUT2D eigenvalue weighted by Gasteiger charge is -2.37. The van der Waals surface area contributed by atoms with Gasteiger partial charge < -0.3 is 30.5 Å². The van der Waals surface area contributed by atoms with E-state index < -0.39 is 35.7 Å². The number of carbonyl (C=O) groups excluding carboxylic acids is 3. The van der Waals surface area contributed by atoms with Gasteiger partial charge >= 0.3 is 6.09 Å². The van der Waals surface area contributed by atoms with Gasteiger partial charge in [-0.3, -0.25) is 9.59 Å². The summed E-state index contributed by atoms with van der Waals surface area (Å²) in [6.07, 6.45) is 1.00. The van der Waals surface area contributed by atoms with Crippen molar-refractivity contribution in [2.45, 2.75) is 97.5 Å². The zero-order chi connectivity index (χ0) is 29.3. The molecule has 2 aromatic rings. The Morgan fingerprint density at radius 2 is 1.44 bits per heavy atom. The molecule has 214 valence electrons. The fourth-order valence-electron chi connectivity index (χ4n) is 4.30. The molecule has 39 heavy (non-hydrogen) atoms. The Labute approximate surface area is 231 Å². The van der Waals surface area contributed by atoms with Crippen LogP contribution in [-0.4, -0.2) is 56.7 Å². The topological polar surface area (TPSA) is 128 Å². The highest BCUT2D eigenvalue weighted by atomic mass is 16.6. The number of alkyl carbamates (subject to hydrolysis) is 1. The van der Waals surface area contributed by atoms with Crippen molar-refractivity contribution in [2.75, 3.05) is 0 Å². The number of rotatable bonds is 11. The highest BCUT2D eigenvalue weighted by molar-refractivity contribution is 5.92. The van der Waals surface area contributed by atoms with Gasteiger partial charge in [0.1, 0.15) is 29.2 Å². The maximum absolute atomic E-state index is 14.2. The standard InChI is InChI=1S/C30H43N3O6/c1-8-9-20(4)31-27(36)26(22-12-16-24(35)17-13-22)33(19(2)3)28(37)25(32-29(38)39-30(5,6)7)18-21-10-14-23(34)15-11-21/h10-17,19-20,25-26,34-35H,8-9,18H2,1-7H3,(H,31,36)(H,32,38). The van der Waals surface area contributed by atoms with Crippen molar-refractivity contribution < 1.29 is 29.3 Å². The van der Waals surface area contributed by atoms with E-state index >= 15 is 0 Å². The predicted octanol–water partition coefficient (Wildman–Crippen LogP) is 4.82. The molecule has 3 amide bonds. The first-order valence-corrected chi connectivity index (χ1v) is 13.4. The molecule has 0 saturated heterocycles. The molecule has 9 nitrogen and oxygen atoms in total. The van der Waals surface area contributed by atoms with Crippen LogP contribution in [0.15, 0.2) is 48.5 Å². The van der Waals surface area contributed by atoms with Crippen LogP contribution in [0.4, 0.5) is 4.79 Å². The predicted molar refractivity (Wildman–Crippen MR) is 150 cm³/mol. The summed E-state index contributed by atoms with van der Waals surface area (Å²) in [5.41, 5.74) is 0.447. The van der Waals surface area contributed by atoms with E-state index in [1.54, 1.807) is 58.9 Å². The number of benzene rings is 2. The first kappa shape index (κ1) is 31.5. The molecular weight excluding hydrogens is 498 g/mol. The third kappa shape index (κ3) is 9.81. The summed E-state index contributed by atoms with van der Waals surface area (Å²) in [4.78, 5) is 42.2. The van der Waals surface area contributed by atoms with Crippen molar-refractivity contribution in [3.05, 3.63) is 59.7 Å². The molecule has 0 aliphatic rings. The summed E-state index contributed by atoms with van der Waals surface area (Å²) in [6.45, 7) is 12.7. The molecule has 0 fully saturated rings. The normalized spacial score (nSPS) is 13.7. The van der Waals surface area contributed by atoms with Crippen LogP contribution in [0, 0.1) is 0 Å². The third-order valence-electron chi connectivity index (χ3n) is 6.02. The Kier molecular flexibility index (Phi) is 11.2. The van der Waals surface area contributed by atoms with Gasteiger partial charge in [-0.05, 0) is 83.4 Å². The Hall–Kier alpha value is -3.75. The molecule has 3 atom stereocenters. The van der Waals surface area contributed by atoms with Crippen LogP contribution in [0.5, 0.6) is 11.5 Å². The number of nitrogens with one attached hydrogen (secondary N) is 2. The molecule has 0 bridgehead atoms. The maximum atomic E-state index is 14.2. The Morgan fingerprint density at radius 3 is 1.92 bits per heavy atom. The molecule has 2 aromatic carbocycles. The van der Waals surface area contributed by atoms with Crippen LogP contribution in [0.2, 0.25) is 0 Å². The zero-order valence-electron chi connectivity index (χ0n) is 24.0. The molecule has 0 aliphatic carbocycles. The average Bonchev–Trinajstić information content (AvgIpc) is 2.82. The number of nitrogens with zero attached hydrogens (tertiary/aromatic N) is 1. The number of amides is 3. The van der Waals surface area contributed by atoms with E-state index in [4.69, 9.17) is 4.74 Å². The molecule has 2 rings (SSSR count). The number of ether oxygens (including phenoxy) is 1. The second-order valence-corrected chi connectivity index (χ2v) is 11.1. The molecule has 0 aliphatic heterocycles. The Balaban J connectivity index is 2.53. The second kappa shape index (κ2) is 13.9. The molecule has 0 heterocycles. The molecular formula is C30H43N3O6. The summed E-state index contributed by atoms with van der Waals surface area (Å²) in [7, 11) is 0. The van der Waals surface area contributed by atoms with E-state index in [-0.39, 0.29) is 29.9 Å². The van der Waals surface area contributed by atoms with E-state index in [9.17, 15) is 24.6 Å². The van der Waals surface area contributed by atoms with E-state index in [1.807, 2.05) is 13.8 Å². The van der Waals surface area contributed by atoms with Crippen molar-refractivity contribution in [2.24, 2.45) is 0 Å². The SMILES string of the molecule is CCCC(C)NC(=O)C(c1ccc(O)cc1)N(C(=O)C(Cc1ccc(O)cc1)NC(=O)OC(C)(C)C)C(C)C. The van der Waals surface area contributed by atoms with Gasteiger partial charge in [-0.2, -0.15) is 0 Å². The lowest BCUT2D eigenvalue weighted by Crippen LogP contribution is -2.56.